The molecule has 0 saturated heterocycles. The van der Waals surface area contributed by atoms with Crippen LogP contribution in [0.4, 0.5) is 11.6 Å². The molecule has 0 aliphatic carbocycles. The van der Waals surface area contributed by atoms with Gasteiger partial charge in [0, 0.05) is 12.6 Å². The van der Waals surface area contributed by atoms with Crippen molar-refractivity contribution >= 4 is 21.7 Å². The Morgan fingerprint density at radius 3 is 2.58 bits per heavy atom. The van der Waals surface area contributed by atoms with Gasteiger partial charge in [0.1, 0.15) is 5.69 Å². The van der Waals surface area contributed by atoms with Crippen molar-refractivity contribution in [3.05, 3.63) is 71.9 Å². The van der Waals surface area contributed by atoms with Crippen LogP contribution in [0, 0.1) is 11.3 Å². The first-order valence-electron chi connectivity index (χ1n) is 9.82. The molecule has 4 aromatic rings. The molecule has 2 aromatic carbocycles. The summed E-state index contributed by atoms with van der Waals surface area (Å²) in [7, 11) is -1.90. The second-order valence-corrected chi connectivity index (χ2v) is 9.36. The van der Waals surface area contributed by atoms with E-state index in [2.05, 4.69) is 26.3 Å². The van der Waals surface area contributed by atoms with Gasteiger partial charge in [0.25, 0.3) is 0 Å². The average Bonchev–Trinajstić information content (AvgIpc) is 3.26. The molecule has 11 heteroatoms. The van der Waals surface area contributed by atoms with E-state index in [-0.39, 0.29) is 5.95 Å². The van der Waals surface area contributed by atoms with Crippen LogP contribution in [0.3, 0.4) is 0 Å². The number of nitrogens with zero attached hydrogens (tertiary/aromatic N) is 7. The molecule has 0 aliphatic rings. The minimum Gasteiger partial charge on any atom is -0.368 e. The maximum atomic E-state index is 12.0. The summed E-state index contributed by atoms with van der Waals surface area (Å²) in [6, 6.07) is 18.0. The lowest BCUT2D eigenvalue weighted by atomic mass is 10.1. The third-order valence-electron chi connectivity index (χ3n) is 4.99. The van der Waals surface area contributed by atoms with Gasteiger partial charge in [-0.05, 0) is 29.8 Å². The van der Waals surface area contributed by atoms with Crippen LogP contribution in [0.5, 0.6) is 0 Å². The van der Waals surface area contributed by atoms with Gasteiger partial charge in [0.15, 0.2) is 0 Å². The second-order valence-electron chi connectivity index (χ2n) is 7.35. The summed E-state index contributed by atoms with van der Waals surface area (Å²) in [5.74, 6) is 0.0690. The third-order valence-corrected chi connectivity index (χ3v) is 6.18. The van der Waals surface area contributed by atoms with Crippen molar-refractivity contribution in [1.82, 2.24) is 25.0 Å². The van der Waals surface area contributed by atoms with Crippen molar-refractivity contribution in [2.45, 2.75) is 6.54 Å². The number of nitriles is 1. The molecule has 33 heavy (non-hydrogen) atoms. The fraction of sp³-hybridized carbons (Fsp3) is 0.136. The first-order valence-corrected chi connectivity index (χ1v) is 11.7. The monoisotopic (exact) mass is 460 g/mol. The predicted molar refractivity (Wildman–Crippen MR) is 124 cm³/mol. The van der Waals surface area contributed by atoms with Crippen LogP contribution < -0.4 is 10.0 Å². The van der Waals surface area contributed by atoms with E-state index in [0.29, 0.717) is 34.9 Å². The molecular formula is C22H20N8O2S. The number of hydrogen-bond acceptors (Lipinski definition) is 8. The van der Waals surface area contributed by atoms with Gasteiger partial charge >= 0.3 is 0 Å². The summed E-state index contributed by atoms with van der Waals surface area (Å²) in [5, 5.41) is 17.5. The second kappa shape index (κ2) is 8.68. The lowest BCUT2D eigenvalue weighted by Crippen LogP contribution is -2.26. The molecule has 0 fully saturated rings. The predicted octanol–water partition coefficient (Wildman–Crippen LogP) is 2.30. The largest absolute Gasteiger partial charge is 0.368 e. The number of hydrogen-bond donors (Lipinski definition) is 1. The topological polar surface area (TPSA) is 144 Å². The molecule has 2 N–H and O–H groups in total. The highest BCUT2D eigenvalue weighted by molar-refractivity contribution is 7.92. The van der Waals surface area contributed by atoms with Crippen LogP contribution in [0.25, 0.3) is 22.6 Å². The Hall–Kier alpha value is -4.30. The molecule has 0 unspecified atom stereocenters. The van der Waals surface area contributed by atoms with E-state index in [4.69, 9.17) is 11.0 Å². The molecule has 0 amide bonds. The smallest absolute Gasteiger partial charge is 0.232 e. The number of para-hydroxylation sites is 1. The maximum absolute atomic E-state index is 12.0. The fourth-order valence-corrected chi connectivity index (χ4v) is 3.83. The average molecular weight is 461 g/mol. The highest BCUT2D eigenvalue weighted by Gasteiger charge is 2.17. The first-order chi connectivity index (χ1) is 15.7. The molecule has 0 aliphatic heterocycles. The van der Waals surface area contributed by atoms with Crippen molar-refractivity contribution in [3.63, 3.8) is 0 Å². The molecule has 10 nitrogen and oxygen atoms in total. The van der Waals surface area contributed by atoms with E-state index in [1.54, 1.807) is 47.3 Å². The van der Waals surface area contributed by atoms with Gasteiger partial charge in [-0.15, -0.1) is 5.10 Å². The lowest BCUT2D eigenvalue weighted by Gasteiger charge is -2.20. The molecule has 2 heterocycles. The summed E-state index contributed by atoms with van der Waals surface area (Å²) < 4.78 is 26.8. The number of anilines is 2. The van der Waals surface area contributed by atoms with E-state index in [1.807, 2.05) is 18.2 Å². The number of rotatable bonds is 6. The van der Waals surface area contributed by atoms with Crippen molar-refractivity contribution in [2.24, 2.45) is 0 Å². The van der Waals surface area contributed by atoms with Gasteiger partial charge in [-0.25, -0.2) is 23.1 Å². The van der Waals surface area contributed by atoms with Gasteiger partial charge in [-0.2, -0.15) is 5.26 Å². The molecule has 2 aromatic heterocycles. The Labute approximate surface area is 191 Å². The Balaban J connectivity index is 1.65. The van der Waals surface area contributed by atoms with E-state index in [1.165, 1.54) is 11.4 Å². The van der Waals surface area contributed by atoms with Gasteiger partial charge < -0.3 is 5.73 Å². The normalized spacial score (nSPS) is 11.2. The Morgan fingerprint density at radius 2 is 1.82 bits per heavy atom. The van der Waals surface area contributed by atoms with Crippen LogP contribution in [0.15, 0.2) is 60.8 Å². The van der Waals surface area contributed by atoms with Crippen molar-refractivity contribution in [3.8, 4) is 28.7 Å². The Kier molecular flexibility index (Phi) is 5.76. The number of sulfonamides is 1. The van der Waals surface area contributed by atoms with Crippen molar-refractivity contribution in [1.29, 1.82) is 5.26 Å². The molecule has 166 valence electrons. The highest BCUT2D eigenvalue weighted by atomic mass is 32.2. The molecule has 0 spiro atoms. The summed E-state index contributed by atoms with van der Waals surface area (Å²) in [4.78, 5) is 8.54. The quantitative estimate of drug-likeness (QED) is 0.461. The number of aromatic nitrogens is 5. The van der Waals surface area contributed by atoms with Crippen LogP contribution in [-0.4, -0.2) is 46.7 Å². The van der Waals surface area contributed by atoms with E-state index < -0.39 is 10.0 Å². The minimum absolute atomic E-state index is 0.0690. The maximum Gasteiger partial charge on any atom is 0.232 e. The van der Waals surface area contributed by atoms with Crippen molar-refractivity contribution in [2.75, 3.05) is 23.3 Å². The minimum atomic E-state index is -3.41. The zero-order valence-corrected chi connectivity index (χ0v) is 18.7. The zero-order chi connectivity index (χ0) is 23.6. The highest BCUT2D eigenvalue weighted by Crippen LogP contribution is 2.25. The summed E-state index contributed by atoms with van der Waals surface area (Å²) >= 11 is 0. The van der Waals surface area contributed by atoms with Gasteiger partial charge in [-0.1, -0.05) is 35.5 Å². The zero-order valence-electron chi connectivity index (χ0n) is 17.9. The molecule has 4 rings (SSSR count). The summed E-state index contributed by atoms with van der Waals surface area (Å²) in [6.45, 7) is 0.306. The number of benzene rings is 2. The molecule has 0 bridgehead atoms. The van der Waals surface area contributed by atoms with E-state index in [0.717, 1.165) is 17.4 Å². The SMILES string of the molecule is CN(c1ccccc1Cn1cc(-c2cc(-c3cccc(C#N)c3)nc(N)n2)nn1)S(C)(=O)=O. The first kappa shape index (κ1) is 21.9. The standard InChI is InChI=1S/C22H20N8O2S/c1-29(33(2,31)32)21-9-4-3-7-17(21)13-30-14-20(27-28-30)19-11-18(25-22(24)26-19)16-8-5-6-15(10-16)12-23/h3-11,14H,13H2,1-2H3,(H2,24,25,26). The number of nitrogens with two attached hydrogens (primary N) is 1. The summed E-state index contributed by atoms with van der Waals surface area (Å²) in [6.07, 6.45) is 2.86. The van der Waals surface area contributed by atoms with Gasteiger partial charge in [0.2, 0.25) is 16.0 Å². The van der Waals surface area contributed by atoms with Crippen LogP contribution >= 0.6 is 0 Å². The number of nitrogen functional groups attached to an aromatic ring is 1. The van der Waals surface area contributed by atoms with Crippen LogP contribution in [0.1, 0.15) is 11.1 Å². The Bertz CT molecular complexity index is 1470. The van der Waals surface area contributed by atoms with Crippen molar-refractivity contribution < 1.29 is 8.42 Å². The molecule has 0 saturated carbocycles. The van der Waals surface area contributed by atoms with Gasteiger partial charge in [0.05, 0.1) is 47.7 Å². The molecule has 0 radical (unpaired) electrons. The lowest BCUT2D eigenvalue weighted by molar-refractivity contribution is 0.599. The molecule has 0 atom stereocenters. The van der Waals surface area contributed by atoms with Crippen LogP contribution in [-0.2, 0) is 16.6 Å². The van der Waals surface area contributed by atoms with Crippen LogP contribution in [0.2, 0.25) is 0 Å². The van der Waals surface area contributed by atoms with E-state index >= 15 is 0 Å². The molecular weight excluding hydrogens is 440 g/mol. The Morgan fingerprint density at radius 1 is 1.06 bits per heavy atom. The van der Waals surface area contributed by atoms with Gasteiger partial charge in [-0.3, -0.25) is 4.31 Å². The summed E-state index contributed by atoms with van der Waals surface area (Å²) in [5.41, 5.74) is 10.0. The fourth-order valence-electron chi connectivity index (χ4n) is 3.29. The van der Waals surface area contributed by atoms with E-state index in [9.17, 15) is 8.42 Å². The third kappa shape index (κ3) is 4.81.